The SMILES string of the molecule is COCCc1noc(-c2cccc(C)c2O)n1. The summed E-state index contributed by atoms with van der Waals surface area (Å²) < 4.78 is 10.0. The number of phenolic OH excluding ortho intramolecular Hbond substituents is 1. The lowest BCUT2D eigenvalue weighted by atomic mass is 10.1. The number of hydrogen-bond donors (Lipinski definition) is 1. The molecule has 0 aliphatic carbocycles. The van der Waals surface area contributed by atoms with Crippen molar-refractivity contribution in [2.24, 2.45) is 0 Å². The van der Waals surface area contributed by atoms with Crippen LogP contribution in [0.3, 0.4) is 0 Å². The highest BCUT2D eigenvalue weighted by Gasteiger charge is 2.13. The molecule has 5 heteroatoms. The van der Waals surface area contributed by atoms with Crippen molar-refractivity contribution in [3.63, 3.8) is 0 Å². The lowest BCUT2D eigenvalue weighted by Gasteiger charge is -2.01. The first-order chi connectivity index (χ1) is 8.22. The Bertz CT molecular complexity index is 508. The Hall–Kier alpha value is -1.88. The minimum absolute atomic E-state index is 0.175. The summed E-state index contributed by atoms with van der Waals surface area (Å²) in [5.41, 5.74) is 1.33. The number of aryl methyl sites for hydroxylation is 1. The molecule has 90 valence electrons. The molecular weight excluding hydrogens is 220 g/mol. The highest BCUT2D eigenvalue weighted by molar-refractivity contribution is 5.64. The molecule has 0 fully saturated rings. The summed E-state index contributed by atoms with van der Waals surface area (Å²) in [6, 6.07) is 5.40. The van der Waals surface area contributed by atoms with Gasteiger partial charge in [-0.25, -0.2) is 0 Å². The molecule has 1 N–H and O–H groups in total. The number of aromatic hydroxyl groups is 1. The lowest BCUT2D eigenvalue weighted by molar-refractivity contribution is 0.199. The molecule has 0 saturated carbocycles. The largest absolute Gasteiger partial charge is 0.507 e. The summed E-state index contributed by atoms with van der Waals surface area (Å²) >= 11 is 0. The number of rotatable bonds is 4. The molecule has 0 radical (unpaired) electrons. The summed E-state index contributed by atoms with van der Waals surface area (Å²) in [7, 11) is 1.62. The van der Waals surface area contributed by atoms with Crippen molar-refractivity contribution >= 4 is 0 Å². The molecule has 17 heavy (non-hydrogen) atoms. The highest BCUT2D eigenvalue weighted by atomic mass is 16.5. The molecule has 2 aromatic rings. The van der Waals surface area contributed by atoms with Gasteiger partial charge in [-0.3, -0.25) is 0 Å². The predicted octanol–water partition coefficient (Wildman–Crippen LogP) is 1.94. The van der Waals surface area contributed by atoms with Crippen molar-refractivity contribution in [1.29, 1.82) is 0 Å². The van der Waals surface area contributed by atoms with Crippen LogP contribution in [0.4, 0.5) is 0 Å². The molecule has 2 rings (SSSR count). The number of nitrogens with zero attached hydrogens (tertiary/aromatic N) is 2. The van der Waals surface area contributed by atoms with E-state index in [-0.39, 0.29) is 5.75 Å². The first kappa shape index (κ1) is 11.6. The van der Waals surface area contributed by atoms with E-state index in [1.165, 1.54) is 0 Å². The van der Waals surface area contributed by atoms with Gasteiger partial charge in [0.25, 0.3) is 5.89 Å². The predicted molar refractivity (Wildman–Crippen MR) is 61.7 cm³/mol. The zero-order valence-corrected chi connectivity index (χ0v) is 9.80. The van der Waals surface area contributed by atoms with Gasteiger partial charge < -0.3 is 14.4 Å². The molecule has 1 heterocycles. The van der Waals surface area contributed by atoms with Gasteiger partial charge in [-0.05, 0) is 18.6 Å². The maximum absolute atomic E-state index is 9.88. The van der Waals surface area contributed by atoms with E-state index in [9.17, 15) is 5.11 Å². The Kier molecular flexibility index (Phi) is 3.39. The van der Waals surface area contributed by atoms with E-state index in [2.05, 4.69) is 10.1 Å². The zero-order chi connectivity index (χ0) is 12.3. The van der Waals surface area contributed by atoms with Crippen LogP contribution in [0.5, 0.6) is 5.75 Å². The monoisotopic (exact) mass is 234 g/mol. The number of para-hydroxylation sites is 1. The number of phenols is 1. The summed E-state index contributed by atoms with van der Waals surface area (Å²) in [4.78, 5) is 4.20. The van der Waals surface area contributed by atoms with Crippen LogP contribution < -0.4 is 0 Å². The molecule has 5 nitrogen and oxygen atoms in total. The molecule has 1 aromatic carbocycles. The van der Waals surface area contributed by atoms with Crippen molar-refractivity contribution in [3.05, 3.63) is 29.6 Å². The van der Waals surface area contributed by atoms with Gasteiger partial charge in [0, 0.05) is 13.5 Å². The maximum Gasteiger partial charge on any atom is 0.261 e. The average molecular weight is 234 g/mol. The third-order valence-electron chi connectivity index (χ3n) is 2.47. The van der Waals surface area contributed by atoms with Gasteiger partial charge in [0.2, 0.25) is 0 Å². The number of aromatic nitrogens is 2. The fourth-order valence-electron chi connectivity index (χ4n) is 1.49. The van der Waals surface area contributed by atoms with Crippen molar-refractivity contribution in [2.75, 3.05) is 13.7 Å². The van der Waals surface area contributed by atoms with E-state index in [0.717, 1.165) is 5.56 Å². The summed E-state index contributed by atoms with van der Waals surface area (Å²) in [5, 5.41) is 13.7. The average Bonchev–Trinajstić information content (AvgIpc) is 2.78. The molecular formula is C12H14N2O3. The second kappa shape index (κ2) is 4.97. The first-order valence-corrected chi connectivity index (χ1v) is 5.33. The van der Waals surface area contributed by atoms with Gasteiger partial charge >= 0.3 is 0 Å². The van der Waals surface area contributed by atoms with Gasteiger partial charge in [0.05, 0.1) is 12.2 Å². The molecule has 0 aliphatic heterocycles. The summed E-state index contributed by atoms with van der Waals surface area (Å²) in [5.74, 6) is 1.08. The molecule has 0 bridgehead atoms. The first-order valence-electron chi connectivity index (χ1n) is 5.33. The molecule has 0 spiro atoms. The molecule has 1 aromatic heterocycles. The van der Waals surface area contributed by atoms with Crippen LogP contribution in [0.15, 0.2) is 22.7 Å². The molecule has 0 aliphatic rings. The van der Waals surface area contributed by atoms with Gasteiger partial charge in [-0.1, -0.05) is 17.3 Å². The number of ether oxygens (including phenoxy) is 1. The van der Waals surface area contributed by atoms with E-state index in [0.29, 0.717) is 30.3 Å². The van der Waals surface area contributed by atoms with Gasteiger partial charge in [-0.15, -0.1) is 0 Å². The number of hydrogen-bond acceptors (Lipinski definition) is 5. The smallest absolute Gasteiger partial charge is 0.261 e. The molecule has 0 unspecified atom stereocenters. The lowest BCUT2D eigenvalue weighted by Crippen LogP contribution is -1.96. The van der Waals surface area contributed by atoms with Crippen molar-refractivity contribution < 1.29 is 14.4 Å². The van der Waals surface area contributed by atoms with Crippen LogP contribution in [0, 0.1) is 6.92 Å². The second-order valence-corrected chi connectivity index (χ2v) is 3.73. The van der Waals surface area contributed by atoms with Crippen molar-refractivity contribution in [2.45, 2.75) is 13.3 Å². The Morgan fingerprint density at radius 1 is 1.41 bits per heavy atom. The van der Waals surface area contributed by atoms with Crippen LogP contribution >= 0.6 is 0 Å². The quantitative estimate of drug-likeness (QED) is 0.875. The van der Waals surface area contributed by atoms with E-state index < -0.39 is 0 Å². The zero-order valence-electron chi connectivity index (χ0n) is 9.80. The van der Waals surface area contributed by atoms with Crippen molar-refractivity contribution in [3.8, 4) is 17.2 Å². The normalized spacial score (nSPS) is 10.7. The van der Waals surface area contributed by atoms with Gasteiger partial charge in [-0.2, -0.15) is 4.98 Å². The van der Waals surface area contributed by atoms with E-state index >= 15 is 0 Å². The van der Waals surface area contributed by atoms with Crippen LogP contribution in [0.25, 0.3) is 11.5 Å². The Labute approximate surface area is 99.0 Å². The molecule has 0 amide bonds. The standard InChI is InChI=1S/C12H14N2O3/c1-8-4-3-5-9(11(8)15)12-13-10(14-17-12)6-7-16-2/h3-5,15H,6-7H2,1-2H3. The van der Waals surface area contributed by atoms with Crippen LogP contribution in [-0.2, 0) is 11.2 Å². The van der Waals surface area contributed by atoms with Gasteiger partial charge in [0.15, 0.2) is 5.82 Å². The highest BCUT2D eigenvalue weighted by Crippen LogP contribution is 2.30. The molecule has 0 atom stereocenters. The topological polar surface area (TPSA) is 68.4 Å². The van der Waals surface area contributed by atoms with Crippen LogP contribution in [0.2, 0.25) is 0 Å². The Morgan fingerprint density at radius 2 is 2.24 bits per heavy atom. The maximum atomic E-state index is 9.88. The minimum Gasteiger partial charge on any atom is -0.507 e. The fraction of sp³-hybridized carbons (Fsp3) is 0.333. The van der Waals surface area contributed by atoms with E-state index in [1.54, 1.807) is 13.2 Å². The van der Waals surface area contributed by atoms with Crippen LogP contribution in [0.1, 0.15) is 11.4 Å². The summed E-state index contributed by atoms with van der Waals surface area (Å²) in [6.07, 6.45) is 0.590. The number of benzene rings is 1. The van der Waals surface area contributed by atoms with Crippen molar-refractivity contribution in [1.82, 2.24) is 10.1 Å². The second-order valence-electron chi connectivity index (χ2n) is 3.73. The van der Waals surface area contributed by atoms with E-state index in [1.807, 2.05) is 19.1 Å². The van der Waals surface area contributed by atoms with E-state index in [4.69, 9.17) is 9.26 Å². The molecule has 0 saturated heterocycles. The minimum atomic E-state index is 0.175. The van der Waals surface area contributed by atoms with Gasteiger partial charge in [0.1, 0.15) is 5.75 Å². The third-order valence-corrected chi connectivity index (χ3v) is 2.47. The summed E-state index contributed by atoms with van der Waals surface area (Å²) in [6.45, 7) is 2.36. The van der Waals surface area contributed by atoms with Crippen LogP contribution in [-0.4, -0.2) is 29.0 Å². The Morgan fingerprint density at radius 3 is 3.00 bits per heavy atom. The third kappa shape index (κ3) is 2.45. The number of methoxy groups -OCH3 is 1. The Balaban J connectivity index is 2.27. The fourth-order valence-corrected chi connectivity index (χ4v) is 1.49.